The Labute approximate surface area is 211 Å². The number of anilines is 1. The molecule has 2 saturated heterocycles. The second-order valence-corrected chi connectivity index (χ2v) is 9.75. The van der Waals surface area contributed by atoms with Crippen LogP contribution >= 0.6 is 12.2 Å². The average molecular weight is 520 g/mol. The van der Waals surface area contributed by atoms with E-state index in [0.717, 1.165) is 19.5 Å². The molecule has 36 heavy (non-hydrogen) atoms. The Morgan fingerprint density at radius 3 is 2.42 bits per heavy atom. The zero-order valence-corrected chi connectivity index (χ0v) is 20.6. The summed E-state index contributed by atoms with van der Waals surface area (Å²) in [5.41, 5.74) is 1.16. The lowest BCUT2D eigenvalue weighted by molar-refractivity contribution is 0.116. The molecule has 3 heterocycles. The van der Waals surface area contributed by atoms with E-state index in [4.69, 9.17) is 16.6 Å². The molecule has 0 spiro atoms. The quantitative estimate of drug-likeness (QED) is 0.319. The van der Waals surface area contributed by atoms with E-state index in [1.165, 1.54) is 30.3 Å². The second kappa shape index (κ2) is 9.78. The summed E-state index contributed by atoms with van der Waals surface area (Å²) in [5.74, 6) is -1.97. The fourth-order valence-corrected chi connectivity index (χ4v) is 5.42. The molecule has 2 aliphatic rings. The molecule has 2 aromatic carbocycles. The van der Waals surface area contributed by atoms with Gasteiger partial charge < -0.3 is 14.2 Å². The largest absolute Gasteiger partial charge is 0.415 e. The minimum atomic E-state index is -2.91. The molecule has 6 nitrogen and oxygen atoms in total. The highest BCUT2D eigenvalue weighted by Crippen LogP contribution is 2.34. The highest BCUT2D eigenvalue weighted by Gasteiger charge is 2.45. The van der Waals surface area contributed by atoms with E-state index >= 15 is 4.39 Å². The van der Waals surface area contributed by atoms with Crippen LogP contribution in [0.25, 0.3) is 11.5 Å². The molecule has 2 aliphatic heterocycles. The van der Waals surface area contributed by atoms with E-state index in [0.29, 0.717) is 28.4 Å². The molecule has 2 atom stereocenters. The molecule has 0 saturated carbocycles. The van der Waals surface area contributed by atoms with Crippen LogP contribution < -0.4 is 4.90 Å². The molecule has 2 bridgehead atoms. The smallest absolute Gasteiger partial charge is 0.314 e. The Hall–Kier alpha value is -3.05. The fraction of sp³-hybridized carbons (Fsp3) is 0.400. The van der Waals surface area contributed by atoms with Gasteiger partial charge in [-0.3, -0.25) is 4.90 Å². The minimum absolute atomic E-state index is 0.102. The van der Waals surface area contributed by atoms with Crippen molar-refractivity contribution in [3.63, 3.8) is 0 Å². The molecular formula is C25H25F4N5OS. The standard InChI is InChI=1S/C25H25F4N5OS/c1-14(2)32-12-20-10-19(32)13-34(20)25(36)33(18-7-5-17(26)6-8-18)11-16-4-3-15(9-21(16)27)23-30-31-24(35-23)22(28)29/h3-9,14,19-20,22H,10-13H2,1-2H3. The summed E-state index contributed by atoms with van der Waals surface area (Å²) in [7, 11) is 0. The van der Waals surface area contributed by atoms with Crippen LogP contribution in [-0.4, -0.2) is 56.3 Å². The van der Waals surface area contributed by atoms with Crippen LogP contribution in [0.5, 0.6) is 0 Å². The lowest BCUT2D eigenvalue weighted by Crippen LogP contribution is -2.54. The van der Waals surface area contributed by atoms with Gasteiger partial charge in [0.15, 0.2) is 5.11 Å². The Kier molecular flexibility index (Phi) is 6.69. The maximum absolute atomic E-state index is 15.2. The van der Waals surface area contributed by atoms with E-state index in [1.54, 1.807) is 17.0 Å². The van der Waals surface area contributed by atoms with Gasteiger partial charge in [0, 0.05) is 48.0 Å². The van der Waals surface area contributed by atoms with E-state index in [2.05, 4.69) is 33.8 Å². The van der Waals surface area contributed by atoms with Crippen molar-refractivity contribution in [3.8, 4) is 11.5 Å². The molecule has 190 valence electrons. The Morgan fingerprint density at radius 2 is 1.83 bits per heavy atom. The van der Waals surface area contributed by atoms with Crippen LogP contribution in [0.3, 0.4) is 0 Å². The first-order chi connectivity index (χ1) is 17.2. The summed E-state index contributed by atoms with van der Waals surface area (Å²) < 4.78 is 59.3. The first-order valence-corrected chi connectivity index (χ1v) is 12.1. The van der Waals surface area contributed by atoms with Gasteiger partial charge in [0.1, 0.15) is 11.6 Å². The topological polar surface area (TPSA) is 48.6 Å². The molecule has 0 N–H and O–H groups in total. The van der Waals surface area contributed by atoms with Crippen LogP contribution in [0.4, 0.5) is 23.2 Å². The lowest BCUT2D eigenvalue weighted by atomic mass is 10.1. The predicted molar refractivity (Wildman–Crippen MR) is 131 cm³/mol. The molecule has 0 aliphatic carbocycles. The first kappa shape index (κ1) is 24.6. The van der Waals surface area contributed by atoms with Gasteiger partial charge in [-0.2, -0.15) is 8.78 Å². The predicted octanol–water partition coefficient (Wildman–Crippen LogP) is 5.41. The monoisotopic (exact) mass is 519 g/mol. The molecule has 0 radical (unpaired) electrons. The number of aromatic nitrogens is 2. The van der Waals surface area contributed by atoms with Gasteiger partial charge in [-0.25, -0.2) is 8.78 Å². The number of thiocarbonyl (C=S) groups is 1. The van der Waals surface area contributed by atoms with Crippen molar-refractivity contribution in [2.45, 2.75) is 51.4 Å². The number of hydrogen-bond acceptors (Lipinski definition) is 5. The molecular weight excluding hydrogens is 494 g/mol. The van der Waals surface area contributed by atoms with Crippen molar-refractivity contribution in [1.29, 1.82) is 0 Å². The summed E-state index contributed by atoms with van der Waals surface area (Å²) in [6, 6.07) is 11.3. The lowest BCUT2D eigenvalue weighted by Gasteiger charge is -2.40. The SMILES string of the molecule is CC(C)N1CC2CC1CN2C(=S)N(Cc1ccc(-c2nnc(C(F)F)o2)cc1F)c1ccc(F)cc1. The second-order valence-electron chi connectivity index (χ2n) is 9.38. The van der Waals surface area contributed by atoms with Gasteiger partial charge in [0.25, 0.3) is 5.89 Å². The number of rotatable bonds is 6. The van der Waals surface area contributed by atoms with Gasteiger partial charge in [0.2, 0.25) is 5.89 Å². The van der Waals surface area contributed by atoms with Crippen LogP contribution in [0.15, 0.2) is 46.9 Å². The normalized spacial score (nSPS) is 19.6. The van der Waals surface area contributed by atoms with Crippen molar-refractivity contribution >= 4 is 23.0 Å². The van der Waals surface area contributed by atoms with E-state index in [1.807, 2.05) is 0 Å². The fourth-order valence-electron chi connectivity index (χ4n) is 5.03. The molecule has 11 heteroatoms. The van der Waals surface area contributed by atoms with Crippen LogP contribution in [0, 0.1) is 11.6 Å². The van der Waals surface area contributed by atoms with Crippen LogP contribution in [0.2, 0.25) is 0 Å². The number of benzene rings is 2. The maximum Gasteiger partial charge on any atom is 0.314 e. The minimum Gasteiger partial charge on any atom is -0.415 e. The molecule has 3 aromatic rings. The van der Waals surface area contributed by atoms with Gasteiger partial charge in [-0.1, -0.05) is 6.07 Å². The summed E-state index contributed by atoms with van der Waals surface area (Å²) >= 11 is 5.90. The number of piperazine rings is 1. The highest BCUT2D eigenvalue weighted by molar-refractivity contribution is 7.80. The van der Waals surface area contributed by atoms with Crippen molar-refractivity contribution in [1.82, 2.24) is 20.0 Å². The van der Waals surface area contributed by atoms with Gasteiger partial charge in [-0.15, -0.1) is 10.2 Å². The van der Waals surface area contributed by atoms with E-state index < -0.39 is 18.1 Å². The number of nitrogens with zero attached hydrogens (tertiary/aromatic N) is 5. The number of halogens is 4. The Balaban J connectivity index is 1.40. The van der Waals surface area contributed by atoms with Crippen molar-refractivity contribution in [2.75, 3.05) is 18.0 Å². The van der Waals surface area contributed by atoms with Gasteiger partial charge in [0.05, 0.1) is 6.54 Å². The number of hydrogen-bond donors (Lipinski definition) is 0. The Morgan fingerprint density at radius 1 is 1.08 bits per heavy atom. The maximum atomic E-state index is 15.2. The first-order valence-electron chi connectivity index (χ1n) is 11.7. The average Bonchev–Trinajstić information content (AvgIpc) is 3.59. The highest BCUT2D eigenvalue weighted by atomic mass is 32.1. The third-order valence-corrected chi connectivity index (χ3v) is 7.27. The van der Waals surface area contributed by atoms with Crippen molar-refractivity contribution < 1.29 is 22.0 Å². The third kappa shape index (κ3) is 4.69. The van der Waals surface area contributed by atoms with Crippen LogP contribution in [0.1, 0.15) is 38.1 Å². The molecule has 2 fully saturated rings. The summed E-state index contributed by atoms with van der Waals surface area (Å²) in [4.78, 5) is 6.45. The number of likely N-dealkylation sites (tertiary alicyclic amines) is 2. The number of alkyl halides is 2. The number of fused-ring (bicyclic) bond motifs is 2. The van der Waals surface area contributed by atoms with Crippen molar-refractivity contribution in [3.05, 3.63) is 65.6 Å². The Bertz CT molecular complexity index is 1250. The summed E-state index contributed by atoms with van der Waals surface area (Å²) in [6.45, 7) is 6.16. The zero-order valence-electron chi connectivity index (χ0n) is 19.7. The van der Waals surface area contributed by atoms with E-state index in [9.17, 15) is 13.2 Å². The molecule has 0 amide bonds. The molecule has 2 unspecified atom stereocenters. The zero-order chi connectivity index (χ0) is 25.6. The van der Waals surface area contributed by atoms with Crippen molar-refractivity contribution in [2.24, 2.45) is 0 Å². The molecule has 5 rings (SSSR count). The van der Waals surface area contributed by atoms with Crippen LogP contribution in [-0.2, 0) is 6.54 Å². The third-order valence-electron chi connectivity index (χ3n) is 6.82. The summed E-state index contributed by atoms with van der Waals surface area (Å²) in [5, 5.41) is 7.42. The summed E-state index contributed by atoms with van der Waals surface area (Å²) in [6.07, 6.45) is -1.89. The van der Waals surface area contributed by atoms with E-state index in [-0.39, 0.29) is 29.9 Å². The van der Waals surface area contributed by atoms with Gasteiger partial charge >= 0.3 is 6.43 Å². The molecule has 1 aromatic heterocycles. The van der Waals surface area contributed by atoms with Gasteiger partial charge in [-0.05, 0) is 68.9 Å².